The normalized spacial score (nSPS) is 10.7. The molecule has 0 aromatic heterocycles. The molecule has 3 aromatic carbocycles. The minimum absolute atomic E-state index is 0.396. The first-order chi connectivity index (χ1) is 14.0. The molecule has 152 valence electrons. The van der Waals surface area contributed by atoms with Crippen LogP contribution in [0.5, 0.6) is 11.5 Å². The zero-order chi connectivity index (χ0) is 20.8. The van der Waals surface area contributed by atoms with Crippen molar-refractivity contribution in [1.82, 2.24) is 0 Å². The van der Waals surface area contributed by atoms with E-state index in [9.17, 15) is 0 Å². The van der Waals surface area contributed by atoms with Gasteiger partial charge in [0.1, 0.15) is 6.61 Å². The molecule has 0 spiro atoms. The molecule has 3 nitrogen and oxygen atoms in total. The zero-order valence-electron chi connectivity index (χ0n) is 16.3. The van der Waals surface area contributed by atoms with Crippen LogP contribution >= 0.6 is 34.8 Å². The maximum Gasteiger partial charge on any atom is 0.163 e. The van der Waals surface area contributed by atoms with E-state index in [-0.39, 0.29) is 0 Å². The molecule has 1 N–H and O–H groups in total. The van der Waals surface area contributed by atoms with E-state index in [0.29, 0.717) is 41.3 Å². The van der Waals surface area contributed by atoms with Crippen LogP contribution in [0.3, 0.4) is 0 Å². The van der Waals surface area contributed by atoms with Crippen molar-refractivity contribution in [3.05, 3.63) is 86.4 Å². The fraction of sp³-hybridized carbons (Fsp3) is 0.217. The molecule has 29 heavy (non-hydrogen) atoms. The van der Waals surface area contributed by atoms with E-state index in [1.807, 2.05) is 62.4 Å². The molecule has 0 atom stereocenters. The molecule has 0 aliphatic rings. The Bertz CT molecular complexity index is 975. The Kier molecular flexibility index (Phi) is 7.54. The summed E-state index contributed by atoms with van der Waals surface area (Å²) >= 11 is 18.6. The molecule has 0 saturated heterocycles. The van der Waals surface area contributed by atoms with Crippen molar-refractivity contribution in [2.45, 2.75) is 27.0 Å². The second-order valence-corrected chi connectivity index (χ2v) is 7.81. The van der Waals surface area contributed by atoms with Crippen molar-refractivity contribution in [2.24, 2.45) is 0 Å². The maximum absolute atomic E-state index is 6.51. The van der Waals surface area contributed by atoms with Crippen molar-refractivity contribution in [2.75, 3.05) is 11.9 Å². The van der Waals surface area contributed by atoms with E-state index in [1.54, 1.807) is 6.07 Å². The van der Waals surface area contributed by atoms with E-state index < -0.39 is 0 Å². The largest absolute Gasteiger partial charge is 0.490 e. The molecule has 0 amide bonds. The summed E-state index contributed by atoms with van der Waals surface area (Å²) in [6.45, 7) is 5.37. The summed E-state index contributed by atoms with van der Waals surface area (Å²) in [6, 6.07) is 17.1. The monoisotopic (exact) mass is 449 g/mol. The van der Waals surface area contributed by atoms with Gasteiger partial charge in [0, 0.05) is 33.4 Å². The van der Waals surface area contributed by atoms with E-state index in [1.165, 1.54) is 0 Å². The third-order valence-corrected chi connectivity index (χ3v) is 5.39. The Morgan fingerprint density at radius 3 is 2.24 bits per heavy atom. The highest BCUT2D eigenvalue weighted by atomic mass is 35.5. The maximum atomic E-state index is 6.51. The summed E-state index contributed by atoms with van der Waals surface area (Å²) in [6.07, 6.45) is 0. The molecule has 0 aliphatic heterocycles. The Morgan fingerprint density at radius 2 is 1.55 bits per heavy atom. The standard InChI is InChI=1S/C23H22Cl3NO2/c1-3-28-22-10-17(13-27-19-9-4-15(2)20(25)11-19)21(26)12-23(22)29-14-16-5-7-18(24)8-6-16/h4-12,27H,3,13-14H2,1-2H3. The lowest BCUT2D eigenvalue weighted by molar-refractivity contribution is 0.269. The highest BCUT2D eigenvalue weighted by Gasteiger charge is 2.12. The van der Waals surface area contributed by atoms with Gasteiger partial charge in [0.05, 0.1) is 6.61 Å². The minimum Gasteiger partial charge on any atom is -0.490 e. The van der Waals surface area contributed by atoms with Crippen LogP contribution in [0, 0.1) is 6.92 Å². The van der Waals surface area contributed by atoms with Crippen LogP contribution in [-0.4, -0.2) is 6.61 Å². The smallest absolute Gasteiger partial charge is 0.163 e. The topological polar surface area (TPSA) is 30.5 Å². The summed E-state index contributed by atoms with van der Waals surface area (Å²) in [5.41, 5.74) is 3.88. The van der Waals surface area contributed by atoms with E-state index in [2.05, 4.69) is 5.32 Å². The van der Waals surface area contributed by atoms with E-state index >= 15 is 0 Å². The molecule has 6 heteroatoms. The van der Waals surface area contributed by atoms with Crippen molar-refractivity contribution >= 4 is 40.5 Å². The van der Waals surface area contributed by atoms with Crippen LogP contribution in [-0.2, 0) is 13.2 Å². The first-order valence-electron chi connectivity index (χ1n) is 9.28. The SMILES string of the molecule is CCOc1cc(CNc2ccc(C)c(Cl)c2)c(Cl)cc1OCc1ccc(Cl)cc1. The summed E-state index contributed by atoms with van der Waals surface area (Å²) in [5, 5.41) is 5.36. The van der Waals surface area contributed by atoms with Gasteiger partial charge in [-0.3, -0.25) is 0 Å². The van der Waals surface area contributed by atoms with Gasteiger partial charge in [0.25, 0.3) is 0 Å². The summed E-state index contributed by atoms with van der Waals surface area (Å²) in [5.74, 6) is 1.26. The van der Waals surface area contributed by atoms with Gasteiger partial charge in [0.2, 0.25) is 0 Å². The van der Waals surface area contributed by atoms with Gasteiger partial charge in [-0.1, -0.05) is 53.0 Å². The number of halogens is 3. The number of aryl methyl sites for hydroxylation is 1. The molecule has 0 bridgehead atoms. The lowest BCUT2D eigenvalue weighted by Gasteiger charge is -2.16. The Hall–Kier alpha value is -2.07. The van der Waals surface area contributed by atoms with Crippen LogP contribution in [0.2, 0.25) is 15.1 Å². The predicted molar refractivity (Wildman–Crippen MR) is 122 cm³/mol. The van der Waals surface area contributed by atoms with E-state index in [0.717, 1.165) is 27.4 Å². The average molecular weight is 451 g/mol. The molecular weight excluding hydrogens is 429 g/mol. The molecule has 3 aromatic rings. The number of hydrogen-bond acceptors (Lipinski definition) is 3. The molecule has 3 rings (SSSR count). The summed E-state index contributed by atoms with van der Waals surface area (Å²) in [7, 11) is 0. The van der Waals surface area contributed by atoms with Crippen LogP contribution in [0.1, 0.15) is 23.6 Å². The first-order valence-corrected chi connectivity index (χ1v) is 10.4. The molecule has 0 aliphatic carbocycles. The summed E-state index contributed by atoms with van der Waals surface area (Å²) < 4.78 is 11.7. The Balaban J connectivity index is 1.74. The third-order valence-electron chi connectivity index (χ3n) is 4.37. The van der Waals surface area contributed by atoms with Gasteiger partial charge in [0.15, 0.2) is 11.5 Å². The number of benzene rings is 3. The number of hydrogen-bond donors (Lipinski definition) is 1. The van der Waals surface area contributed by atoms with Gasteiger partial charge in [-0.2, -0.15) is 0 Å². The number of nitrogens with one attached hydrogen (secondary N) is 1. The summed E-state index contributed by atoms with van der Waals surface area (Å²) in [4.78, 5) is 0. The Labute approximate surface area is 186 Å². The van der Waals surface area contributed by atoms with E-state index in [4.69, 9.17) is 44.3 Å². The van der Waals surface area contributed by atoms with Crippen molar-refractivity contribution in [3.63, 3.8) is 0 Å². The second kappa shape index (κ2) is 10.1. The lowest BCUT2D eigenvalue weighted by atomic mass is 10.1. The molecule has 0 saturated carbocycles. The van der Waals surface area contributed by atoms with Gasteiger partial charge < -0.3 is 14.8 Å². The fourth-order valence-corrected chi connectivity index (χ4v) is 3.26. The fourth-order valence-electron chi connectivity index (χ4n) is 2.74. The quantitative estimate of drug-likeness (QED) is 0.384. The van der Waals surface area contributed by atoms with Crippen LogP contribution in [0.25, 0.3) is 0 Å². The highest BCUT2D eigenvalue weighted by Crippen LogP contribution is 2.35. The lowest BCUT2D eigenvalue weighted by Crippen LogP contribution is -2.04. The van der Waals surface area contributed by atoms with Gasteiger partial charge >= 0.3 is 0 Å². The molecule has 0 unspecified atom stereocenters. The van der Waals surface area contributed by atoms with Crippen LogP contribution in [0.4, 0.5) is 5.69 Å². The average Bonchev–Trinajstić information content (AvgIpc) is 2.70. The number of ether oxygens (including phenoxy) is 2. The number of anilines is 1. The number of rotatable bonds is 8. The third kappa shape index (κ3) is 5.96. The first kappa shape index (κ1) is 21.6. The van der Waals surface area contributed by atoms with Gasteiger partial charge in [-0.05, 0) is 60.9 Å². The van der Waals surface area contributed by atoms with Crippen molar-refractivity contribution < 1.29 is 9.47 Å². The van der Waals surface area contributed by atoms with Gasteiger partial charge in [-0.15, -0.1) is 0 Å². The predicted octanol–water partition coefficient (Wildman–Crippen LogP) is 7.55. The zero-order valence-corrected chi connectivity index (χ0v) is 18.5. The van der Waals surface area contributed by atoms with Crippen LogP contribution in [0.15, 0.2) is 54.6 Å². The second-order valence-electron chi connectivity index (χ2n) is 6.56. The van der Waals surface area contributed by atoms with Crippen LogP contribution < -0.4 is 14.8 Å². The molecule has 0 heterocycles. The van der Waals surface area contributed by atoms with Gasteiger partial charge in [-0.25, -0.2) is 0 Å². The Morgan fingerprint density at radius 1 is 0.828 bits per heavy atom. The van der Waals surface area contributed by atoms with Crippen molar-refractivity contribution in [1.29, 1.82) is 0 Å². The van der Waals surface area contributed by atoms with Crippen molar-refractivity contribution in [3.8, 4) is 11.5 Å². The molecular formula is C23H22Cl3NO2. The molecule has 0 fully saturated rings. The molecule has 0 radical (unpaired) electrons. The minimum atomic E-state index is 0.396. The highest BCUT2D eigenvalue weighted by molar-refractivity contribution is 6.32.